The van der Waals surface area contributed by atoms with Gasteiger partial charge in [-0.25, -0.2) is 5.01 Å². The van der Waals surface area contributed by atoms with Crippen molar-refractivity contribution in [3.63, 3.8) is 0 Å². The normalized spacial score (nSPS) is 19.2. The summed E-state index contributed by atoms with van der Waals surface area (Å²) in [6.45, 7) is 2.63. The number of halogens is 1. The third-order valence-electron chi connectivity index (χ3n) is 5.65. The van der Waals surface area contributed by atoms with Crippen LogP contribution in [0.4, 0.5) is 0 Å². The van der Waals surface area contributed by atoms with Crippen molar-refractivity contribution in [3.8, 4) is 17.2 Å². The first-order valence-electron chi connectivity index (χ1n) is 10.4. The Bertz CT molecular complexity index is 1110. The van der Waals surface area contributed by atoms with Gasteiger partial charge < -0.3 is 14.2 Å². The molecule has 5 nitrogen and oxygen atoms in total. The Labute approximate surface area is 186 Å². The molecule has 31 heavy (non-hydrogen) atoms. The fourth-order valence-electron chi connectivity index (χ4n) is 4.13. The average molecular weight is 435 g/mol. The second-order valence-electron chi connectivity index (χ2n) is 7.53. The first-order chi connectivity index (χ1) is 15.2. The van der Waals surface area contributed by atoms with E-state index in [0.29, 0.717) is 11.6 Å². The first-order valence-corrected chi connectivity index (χ1v) is 10.7. The number of rotatable bonds is 5. The van der Waals surface area contributed by atoms with E-state index < -0.39 is 0 Å². The maximum absolute atomic E-state index is 6.40. The van der Waals surface area contributed by atoms with Crippen molar-refractivity contribution < 1.29 is 14.2 Å². The molecule has 2 atom stereocenters. The zero-order chi connectivity index (χ0) is 21.4. The van der Waals surface area contributed by atoms with E-state index in [9.17, 15) is 0 Å². The molecule has 0 radical (unpaired) electrons. The van der Waals surface area contributed by atoms with Gasteiger partial charge in [0.15, 0.2) is 0 Å². The monoisotopic (exact) mass is 434 g/mol. The van der Waals surface area contributed by atoms with E-state index in [-0.39, 0.29) is 12.3 Å². The van der Waals surface area contributed by atoms with Crippen LogP contribution >= 0.6 is 11.6 Å². The van der Waals surface area contributed by atoms with Gasteiger partial charge in [0, 0.05) is 22.6 Å². The number of hydrazone groups is 1. The summed E-state index contributed by atoms with van der Waals surface area (Å²) in [6.07, 6.45) is 0.446. The lowest BCUT2D eigenvalue weighted by molar-refractivity contribution is -0.0190. The molecule has 3 aromatic carbocycles. The molecule has 0 saturated carbocycles. The zero-order valence-electron chi connectivity index (χ0n) is 17.4. The summed E-state index contributed by atoms with van der Waals surface area (Å²) >= 11 is 6.32. The maximum Gasteiger partial charge on any atom is 0.213 e. The molecule has 5 rings (SSSR count). The van der Waals surface area contributed by atoms with Crippen LogP contribution in [0.3, 0.4) is 0 Å². The SMILES string of the molecule is CCOc1ccc(C2=NN3C(C2)c2cc(Cl)ccc2OC3c2ccc(OC)cc2)cc1. The van der Waals surface area contributed by atoms with Gasteiger partial charge >= 0.3 is 0 Å². The third kappa shape index (κ3) is 3.70. The number of nitrogens with zero attached hydrogens (tertiary/aromatic N) is 2. The van der Waals surface area contributed by atoms with Crippen LogP contribution in [-0.4, -0.2) is 24.4 Å². The molecule has 6 heteroatoms. The van der Waals surface area contributed by atoms with E-state index in [0.717, 1.165) is 46.1 Å². The number of methoxy groups -OCH3 is 1. The molecule has 2 heterocycles. The van der Waals surface area contributed by atoms with E-state index in [4.69, 9.17) is 30.9 Å². The molecule has 0 aromatic heterocycles. The van der Waals surface area contributed by atoms with Crippen molar-refractivity contribution in [1.82, 2.24) is 5.01 Å². The zero-order valence-corrected chi connectivity index (χ0v) is 18.2. The number of hydrogen-bond acceptors (Lipinski definition) is 5. The predicted molar refractivity (Wildman–Crippen MR) is 121 cm³/mol. The molecule has 0 aliphatic carbocycles. The summed E-state index contributed by atoms with van der Waals surface area (Å²) in [5.74, 6) is 2.51. The van der Waals surface area contributed by atoms with Gasteiger partial charge in [0.1, 0.15) is 17.2 Å². The van der Waals surface area contributed by atoms with Crippen molar-refractivity contribution in [1.29, 1.82) is 0 Å². The fraction of sp³-hybridized carbons (Fsp3) is 0.240. The molecule has 0 bridgehead atoms. The summed E-state index contributed by atoms with van der Waals surface area (Å²) in [6, 6.07) is 21.9. The van der Waals surface area contributed by atoms with E-state index in [2.05, 4.69) is 12.1 Å². The summed E-state index contributed by atoms with van der Waals surface area (Å²) in [7, 11) is 1.66. The molecular formula is C25H23ClN2O3. The fourth-order valence-corrected chi connectivity index (χ4v) is 4.31. The van der Waals surface area contributed by atoms with Crippen LogP contribution in [-0.2, 0) is 0 Å². The van der Waals surface area contributed by atoms with E-state index in [1.54, 1.807) is 7.11 Å². The molecule has 2 aliphatic rings. The molecule has 2 unspecified atom stereocenters. The second-order valence-corrected chi connectivity index (χ2v) is 7.97. The Morgan fingerprint density at radius 1 is 1.03 bits per heavy atom. The summed E-state index contributed by atoms with van der Waals surface area (Å²) in [5, 5.41) is 7.74. The minimum Gasteiger partial charge on any atom is -0.497 e. The van der Waals surface area contributed by atoms with Crippen molar-refractivity contribution in [2.45, 2.75) is 25.6 Å². The van der Waals surface area contributed by atoms with Crippen LogP contribution in [0.1, 0.15) is 42.3 Å². The topological polar surface area (TPSA) is 43.3 Å². The van der Waals surface area contributed by atoms with Crippen LogP contribution in [0.15, 0.2) is 71.8 Å². The molecule has 2 aliphatic heterocycles. The summed E-state index contributed by atoms with van der Waals surface area (Å²) < 4.78 is 17.3. The molecule has 3 aromatic rings. The number of benzene rings is 3. The first kappa shape index (κ1) is 19.8. The van der Waals surface area contributed by atoms with Gasteiger partial charge in [-0.2, -0.15) is 5.10 Å². The molecule has 0 N–H and O–H groups in total. The largest absolute Gasteiger partial charge is 0.497 e. The highest BCUT2D eigenvalue weighted by molar-refractivity contribution is 6.30. The summed E-state index contributed by atoms with van der Waals surface area (Å²) in [5.41, 5.74) is 4.17. The van der Waals surface area contributed by atoms with Crippen molar-refractivity contribution in [2.24, 2.45) is 5.10 Å². The lowest BCUT2D eigenvalue weighted by Gasteiger charge is -2.38. The van der Waals surface area contributed by atoms with Crippen molar-refractivity contribution in [3.05, 3.63) is 88.4 Å². The van der Waals surface area contributed by atoms with Crippen molar-refractivity contribution >= 4 is 17.3 Å². The molecule has 0 fully saturated rings. The van der Waals surface area contributed by atoms with Gasteiger partial charge in [0.2, 0.25) is 6.23 Å². The Balaban J connectivity index is 1.53. The smallest absolute Gasteiger partial charge is 0.213 e. The lowest BCUT2D eigenvalue weighted by atomic mass is 9.96. The van der Waals surface area contributed by atoms with Gasteiger partial charge in [-0.05, 0) is 79.2 Å². The quantitative estimate of drug-likeness (QED) is 0.494. The van der Waals surface area contributed by atoms with E-state index >= 15 is 0 Å². The van der Waals surface area contributed by atoms with Gasteiger partial charge in [-0.3, -0.25) is 0 Å². The molecule has 0 spiro atoms. The van der Waals surface area contributed by atoms with E-state index in [1.807, 2.05) is 66.5 Å². The Hall–Kier alpha value is -3.18. The second kappa shape index (κ2) is 8.16. The average Bonchev–Trinajstić information content (AvgIpc) is 3.25. The van der Waals surface area contributed by atoms with Crippen LogP contribution < -0.4 is 14.2 Å². The minimum atomic E-state index is -0.329. The van der Waals surface area contributed by atoms with E-state index in [1.165, 1.54) is 0 Å². The number of hydrogen-bond donors (Lipinski definition) is 0. The minimum absolute atomic E-state index is 0.0520. The van der Waals surface area contributed by atoms with Gasteiger partial charge in [-0.1, -0.05) is 11.6 Å². The highest BCUT2D eigenvalue weighted by Gasteiger charge is 2.41. The number of fused-ring (bicyclic) bond motifs is 3. The standard InChI is InChI=1S/C25H23ClN2O3/c1-3-30-20-11-4-16(5-12-20)22-15-23-21-14-18(26)8-13-24(21)31-25(28(23)27-22)17-6-9-19(29-2)10-7-17/h4-14,23,25H,3,15H2,1-2H3. The van der Waals surface area contributed by atoms with Crippen LogP contribution in [0.2, 0.25) is 5.02 Å². The maximum atomic E-state index is 6.40. The van der Waals surface area contributed by atoms with Crippen molar-refractivity contribution in [2.75, 3.05) is 13.7 Å². The molecule has 158 valence electrons. The third-order valence-corrected chi connectivity index (χ3v) is 5.89. The molecule has 0 saturated heterocycles. The van der Waals surface area contributed by atoms with Crippen LogP contribution in [0.5, 0.6) is 17.2 Å². The van der Waals surface area contributed by atoms with Gasteiger partial charge in [-0.15, -0.1) is 0 Å². The summed E-state index contributed by atoms with van der Waals surface area (Å²) in [4.78, 5) is 0. The van der Waals surface area contributed by atoms with Crippen LogP contribution in [0, 0.1) is 0 Å². The predicted octanol–water partition coefficient (Wildman–Crippen LogP) is 5.99. The van der Waals surface area contributed by atoms with Gasteiger partial charge in [0.05, 0.1) is 25.5 Å². The van der Waals surface area contributed by atoms with Crippen LogP contribution in [0.25, 0.3) is 0 Å². The van der Waals surface area contributed by atoms with Gasteiger partial charge in [0.25, 0.3) is 0 Å². The Morgan fingerprint density at radius 3 is 2.48 bits per heavy atom. The number of ether oxygens (including phenoxy) is 3. The Kier molecular flexibility index (Phi) is 5.20. The molecule has 0 amide bonds. The highest BCUT2D eigenvalue weighted by Crippen LogP contribution is 2.48. The Morgan fingerprint density at radius 2 is 1.77 bits per heavy atom. The molecular weight excluding hydrogens is 412 g/mol. The lowest BCUT2D eigenvalue weighted by Crippen LogP contribution is -2.33. The highest BCUT2D eigenvalue weighted by atomic mass is 35.5.